The van der Waals surface area contributed by atoms with Crippen molar-refractivity contribution in [3.63, 3.8) is 0 Å². The van der Waals surface area contributed by atoms with Crippen molar-refractivity contribution in [1.29, 1.82) is 0 Å². The van der Waals surface area contributed by atoms with Crippen molar-refractivity contribution in [2.75, 3.05) is 7.11 Å². The predicted molar refractivity (Wildman–Crippen MR) is 95.8 cm³/mol. The van der Waals surface area contributed by atoms with Crippen molar-refractivity contribution >= 4 is 17.2 Å². The molecule has 0 aliphatic carbocycles. The minimum atomic E-state index is -0.361. The first kappa shape index (κ1) is 16.3. The molecule has 24 heavy (non-hydrogen) atoms. The van der Waals surface area contributed by atoms with E-state index in [2.05, 4.69) is 29.5 Å². The first-order valence-corrected chi connectivity index (χ1v) is 8.44. The average molecular weight is 341 g/mol. The lowest BCUT2D eigenvalue weighted by Gasteiger charge is -2.10. The number of nitrogens with zero attached hydrogens (tertiary/aromatic N) is 2. The topological polar surface area (TPSA) is 70.1 Å². The molecule has 0 fully saturated rings. The highest BCUT2D eigenvalue weighted by molar-refractivity contribution is 7.10. The molecule has 0 atom stereocenters. The van der Waals surface area contributed by atoms with E-state index in [0.29, 0.717) is 0 Å². The number of aryl methyl sites for hydroxylation is 1. The molecule has 5 nitrogen and oxygen atoms in total. The molecule has 0 aliphatic rings. The minimum Gasteiger partial charge on any atom is -0.497 e. The second kappa shape index (κ2) is 6.49. The number of primary amides is 1. The van der Waals surface area contributed by atoms with E-state index >= 15 is 0 Å². The number of nitrogens with two attached hydrogens (primary N) is 1. The zero-order chi connectivity index (χ0) is 17.3. The fourth-order valence-electron chi connectivity index (χ4n) is 2.82. The smallest absolute Gasteiger partial charge is 0.224 e. The van der Waals surface area contributed by atoms with Crippen molar-refractivity contribution in [2.24, 2.45) is 5.73 Å². The minimum absolute atomic E-state index is 0.182. The van der Waals surface area contributed by atoms with Gasteiger partial charge in [0.15, 0.2) is 0 Å². The Labute approximate surface area is 144 Å². The Morgan fingerprint density at radius 1 is 1.29 bits per heavy atom. The van der Waals surface area contributed by atoms with E-state index in [1.54, 1.807) is 7.11 Å². The molecule has 124 valence electrons. The molecule has 0 saturated carbocycles. The summed E-state index contributed by atoms with van der Waals surface area (Å²) in [6, 6.07) is 10.1. The van der Waals surface area contributed by atoms with Crippen molar-refractivity contribution < 1.29 is 9.53 Å². The van der Waals surface area contributed by atoms with E-state index in [1.807, 2.05) is 29.6 Å². The van der Waals surface area contributed by atoms with Crippen molar-refractivity contribution in [3.05, 3.63) is 52.1 Å². The Balaban J connectivity index is 1.99. The number of amides is 1. The highest BCUT2D eigenvalue weighted by Crippen LogP contribution is 2.30. The molecule has 0 saturated heterocycles. The Hall–Kier alpha value is -2.60. The number of benzene rings is 1. The van der Waals surface area contributed by atoms with Gasteiger partial charge in [-0.05, 0) is 44.2 Å². The molecule has 3 aromatic rings. The van der Waals surface area contributed by atoms with Gasteiger partial charge >= 0.3 is 0 Å². The van der Waals surface area contributed by atoms with E-state index < -0.39 is 0 Å². The maximum atomic E-state index is 11.1. The molecule has 1 amide bonds. The number of carbonyl (C=O) groups excluding carboxylic acids is 1. The van der Waals surface area contributed by atoms with Gasteiger partial charge in [-0.25, -0.2) is 4.98 Å². The third-order valence-electron chi connectivity index (χ3n) is 3.91. The van der Waals surface area contributed by atoms with Crippen molar-refractivity contribution in [1.82, 2.24) is 9.55 Å². The number of hydrogen-bond acceptors (Lipinski definition) is 4. The Kier molecular flexibility index (Phi) is 4.40. The number of hydrogen-bond donors (Lipinski definition) is 1. The van der Waals surface area contributed by atoms with Crippen molar-refractivity contribution in [2.45, 2.75) is 20.3 Å². The van der Waals surface area contributed by atoms with Crippen LogP contribution in [-0.2, 0) is 11.2 Å². The summed E-state index contributed by atoms with van der Waals surface area (Å²) in [5.74, 6) is 0.469. The third kappa shape index (κ3) is 3.05. The summed E-state index contributed by atoms with van der Waals surface area (Å²) in [7, 11) is 1.66. The van der Waals surface area contributed by atoms with Crippen LogP contribution in [0.1, 0.15) is 16.4 Å². The lowest BCUT2D eigenvalue weighted by molar-refractivity contribution is -0.117. The van der Waals surface area contributed by atoms with E-state index in [0.717, 1.165) is 39.1 Å². The van der Waals surface area contributed by atoms with Crippen LogP contribution in [-0.4, -0.2) is 22.6 Å². The van der Waals surface area contributed by atoms with Crippen LogP contribution in [0.3, 0.4) is 0 Å². The Morgan fingerprint density at radius 3 is 2.62 bits per heavy atom. The summed E-state index contributed by atoms with van der Waals surface area (Å²) in [6.07, 6.45) is 0.182. The van der Waals surface area contributed by atoms with Crippen LogP contribution in [0.5, 0.6) is 5.75 Å². The molecular formula is C18H19N3O2S. The molecule has 0 bridgehead atoms. The SMILES string of the molecule is COc1ccc(-n2c(C)cc(-c3csc(CC(N)=O)n3)c2C)cc1. The second-order valence-corrected chi connectivity index (χ2v) is 6.53. The number of carbonyl (C=O) groups is 1. The third-order valence-corrected chi connectivity index (χ3v) is 4.76. The molecule has 0 aliphatic heterocycles. The van der Waals surface area contributed by atoms with Crippen molar-refractivity contribution in [3.8, 4) is 22.7 Å². The summed E-state index contributed by atoms with van der Waals surface area (Å²) >= 11 is 1.46. The van der Waals surface area contributed by atoms with Crippen LogP contribution in [0.15, 0.2) is 35.7 Å². The van der Waals surface area contributed by atoms with Crippen LogP contribution >= 0.6 is 11.3 Å². The summed E-state index contributed by atoms with van der Waals surface area (Å²) in [4.78, 5) is 15.6. The number of methoxy groups -OCH3 is 1. The summed E-state index contributed by atoms with van der Waals surface area (Å²) in [5.41, 5.74) is 10.5. The van der Waals surface area contributed by atoms with Gasteiger partial charge in [0.25, 0.3) is 0 Å². The lowest BCUT2D eigenvalue weighted by Crippen LogP contribution is -2.13. The first-order valence-electron chi connectivity index (χ1n) is 7.56. The largest absolute Gasteiger partial charge is 0.497 e. The van der Waals surface area contributed by atoms with Gasteiger partial charge in [0.1, 0.15) is 10.8 Å². The van der Waals surface area contributed by atoms with Gasteiger partial charge in [-0.1, -0.05) is 0 Å². The number of aromatic nitrogens is 2. The van der Waals surface area contributed by atoms with Gasteiger partial charge in [-0.15, -0.1) is 11.3 Å². The fourth-order valence-corrected chi connectivity index (χ4v) is 3.62. The summed E-state index contributed by atoms with van der Waals surface area (Å²) < 4.78 is 7.40. The zero-order valence-electron chi connectivity index (χ0n) is 13.9. The van der Waals surface area contributed by atoms with Crippen LogP contribution < -0.4 is 10.5 Å². The molecule has 2 aromatic heterocycles. The summed E-state index contributed by atoms with van der Waals surface area (Å²) in [5, 5.41) is 2.71. The van der Waals surface area contributed by atoms with Gasteiger partial charge < -0.3 is 15.0 Å². The van der Waals surface area contributed by atoms with Gasteiger partial charge in [0.05, 0.1) is 19.2 Å². The molecule has 1 aromatic carbocycles. The van der Waals surface area contributed by atoms with E-state index in [1.165, 1.54) is 11.3 Å². The molecule has 0 radical (unpaired) electrons. The van der Waals surface area contributed by atoms with Crippen LogP contribution in [0.25, 0.3) is 16.9 Å². The maximum Gasteiger partial charge on any atom is 0.224 e. The second-order valence-electron chi connectivity index (χ2n) is 5.59. The molecule has 0 spiro atoms. The highest BCUT2D eigenvalue weighted by atomic mass is 32.1. The van der Waals surface area contributed by atoms with Crippen LogP contribution in [0.4, 0.5) is 0 Å². The first-order chi connectivity index (χ1) is 11.5. The molecular weight excluding hydrogens is 322 g/mol. The quantitative estimate of drug-likeness (QED) is 0.774. The molecule has 2 heterocycles. The molecule has 6 heteroatoms. The standard InChI is InChI=1S/C18H19N3O2S/c1-11-8-15(16-10-24-18(20-16)9-17(19)22)12(2)21(11)13-4-6-14(23-3)7-5-13/h4-8,10H,9H2,1-3H3,(H2,19,22). The fraction of sp³-hybridized carbons (Fsp3) is 0.222. The normalized spacial score (nSPS) is 10.8. The average Bonchev–Trinajstić information content (AvgIpc) is 3.11. The van der Waals surface area contributed by atoms with E-state index in [9.17, 15) is 4.79 Å². The van der Waals surface area contributed by atoms with E-state index in [4.69, 9.17) is 10.5 Å². The Bertz CT molecular complexity index is 878. The number of thiazole rings is 1. The van der Waals surface area contributed by atoms with E-state index in [-0.39, 0.29) is 12.3 Å². The van der Waals surface area contributed by atoms with Gasteiger partial charge in [0, 0.05) is 28.0 Å². The molecule has 3 rings (SSSR count). The number of ether oxygens (including phenoxy) is 1. The lowest BCUT2D eigenvalue weighted by atomic mass is 10.2. The summed E-state index contributed by atoms with van der Waals surface area (Å²) in [6.45, 7) is 4.14. The molecule has 2 N–H and O–H groups in total. The zero-order valence-corrected chi connectivity index (χ0v) is 14.7. The Morgan fingerprint density at radius 2 is 2.00 bits per heavy atom. The number of rotatable bonds is 5. The van der Waals surface area contributed by atoms with Gasteiger partial charge in [0.2, 0.25) is 5.91 Å². The highest BCUT2D eigenvalue weighted by Gasteiger charge is 2.15. The van der Waals surface area contributed by atoms with Crippen LogP contribution in [0.2, 0.25) is 0 Å². The molecule has 0 unspecified atom stereocenters. The van der Waals surface area contributed by atoms with Gasteiger partial charge in [-0.2, -0.15) is 0 Å². The maximum absolute atomic E-state index is 11.1. The van der Waals surface area contributed by atoms with Crippen LogP contribution in [0, 0.1) is 13.8 Å². The monoisotopic (exact) mass is 341 g/mol. The van der Waals surface area contributed by atoms with Gasteiger partial charge in [-0.3, -0.25) is 4.79 Å². The predicted octanol–water partition coefficient (Wildman–Crippen LogP) is 3.25.